The van der Waals surface area contributed by atoms with Crippen LogP contribution in [0.4, 0.5) is 0 Å². The summed E-state index contributed by atoms with van der Waals surface area (Å²) in [7, 11) is 2.51. The molecular formula is C16H14N3NaO5. The van der Waals surface area contributed by atoms with Crippen LogP contribution >= 0.6 is 0 Å². The molecule has 9 heteroatoms. The van der Waals surface area contributed by atoms with Gasteiger partial charge in [0.1, 0.15) is 0 Å². The molecule has 25 heavy (non-hydrogen) atoms. The Hall–Kier alpha value is -2.26. The Morgan fingerprint density at radius 2 is 1.64 bits per heavy atom. The molecular weight excluding hydrogens is 337 g/mol. The van der Waals surface area contributed by atoms with Gasteiger partial charge in [0.05, 0.1) is 19.9 Å². The van der Waals surface area contributed by atoms with Gasteiger partial charge in [-0.1, -0.05) is 30.3 Å². The second-order valence-electron chi connectivity index (χ2n) is 4.68. The van der Waals surface area contributed by atoms with Gasteiger partial charge < -0.3 is 14.9 Å². The number of hydrogen-bond acceptors (Lipinski definition) is 7. The van der Waals surface area contributed by atoms with E-state index >= 15 is 0 Å². The third-order valence-corrected chi connectivity index (χ3v) is 3.29. The molecule has 0 radical (unpaired) electrons. The molecule has 0 spiro atoms. The van der Waals surface area contributed by atoms with Crippen LogP contribution in [-0.4, -0.2) is 46.2 Å². The van der Waals surface area contributed by atoms with Crippen LogP contribution in [0.15, 0.2) is 42.5 Å². The van der Waals surface area contributed by atoms with Crippen LogP contribution < -0.4 is 29.6 Å². The molecule has 0 amide bonds. The molecule has 0 saturated heterocycles. The Morgan fingerprint density at radius 3 is 2.24 bits per heavy atom. The van der Waals surface area contributed by atoms with Crippen LogP contribution in [0, 0.1) is 0 Å². The maximum atomic E-state index is 12.0. The van der Waals surface area contributed by atoms with Gasteiger partial charge in [0.25, 0.3) is 0 Å². The fraction of sp³-hybridized carbons (Fsp3) is 0.125. The average Bonchev–Trinajstić information content (AvgIpc) is 3.04. The first-order chi connectivity index (χ1) is 11.1. The van der Waals surface area contributed by atoms with E-state index in [2.05, 4.69) is 14.8 Å². The molecule has 3 rings (SSSR count). The number of rotatable bonds is 3. The Bertz CT molecular complexity index is 895. The zero-order chi connectivity index (χ0) is 16.4. The smallest absolute Gasteiger partial charge is 0.870 e. The molecule has 0 aliphatic heterocycles. The van der Waals surface area contributed by atoms with Crippen molar-refractivity contribution in [3.63, 3.8) is 0 Å². The van der Waals surface area contributed by atoms with Gasteiger partial charge in [-0.05, 0) is 0 Å². The van der Waals surface area contributed by atoms with Gasteiger partial charge in [0, 0.05) is 17.7 Å². The minimum atomic E-state index is -0.639. The second kappa shape index (κ2) is 8.72. The summed E-state index contributed by atoms with van der Waals surface area (Å²) < 4.78 is 10.8. The number of fused-ring (bicyclic) bond motifs is 1. The number of hydrogen-bond donors (Lipinski definition) is 0. The Labute approximate surface area is 165 Å². The van der Waals surface area contributed by atoms with Crippen LogP contribution in [-0.2, 0) is 9.47 Å². The molecule has 2 heterocycles. The molecule has 1 aromatic carbocycles. The predicted octanol–water partition coefficient (Wildman–Crippen LogP) is -1.20. The largest absolute Gasteiger partial charge is 1.00 e. The minimum Gasteiger partial charge on any atom is -0.870 e. The van der Waals surface area contributed by atoms with E-state index in [1.165, 1.54) is 24.8 Å². The van der Waals surface area contributed by atoms with Crippen molar-refractivity contribution in [2.75, 3.05) is 14.2 Å². The van der Waals surface area contributed by atoms with E-state index in [0.717, 1.165) is 5.56 Å². The first-order valence-corrected chi connectivity index (χ1v) is 6.77. The van der Waals surface area contributed by atoms with Crippen LogP contribution in [0.1, 0.15) is 21.0 Å². The van der Waals surface area contributed by atoms with E-state index in [1.807, 2.05) is 30.3 Å². The topological polar surface area (TPSA) is 113 Å². The third kappa shape index (κ3) is 4.05. The molecule has 0 atom stereocenters. The van der Waals surface area contributed by atoms with Gasteiger partial charge >= 0.3 is 41.5 Å². The fourth-order valence-corrected chi connectivity index (χ4v) is 2.18. The van der Waals surface area contributed by atoms with Gasteiger partial charge in [-0.25, -0.2) is 19.1 Å². The van der Waals surface area contributed by atoms with Crippen molar-refractivity contribution >= 4 is 17.6 Å². The van der Waals surface area contributed by atoms with Crippen LogP contribution in [0.25, 0.3) is 16.9 Å². The molecule has 124 valence electrons. The first-order valence-electron chi connectivity index (χ1n) is 6.77. The molecule has 0 saturated carbocycles. The normalized spacial score (nSPS) is 9.68. The van der Waals surface area contributed by atoms with Crippen LogP contribution in [0.3, 0.4) is 0 Å². The van der Waals surface area contributed by atoms with E-state index in [0.29, 0.717) is 11.3 Å². The summed E-state index contributed by atoms with van der Waals surface area (Å²) in [5.74, 6) is -1.26. The number of methoxy groups -OCH3 is 2. The van der Waals surface area contributed by atoms with Crippen LogP contribution in [0.5, 0.6) is 0 Å². The number of benzene rings is 1. The van der Waals surface area contributed by atoms with Gasteiger partial charge in [-0.15, -0.1) is 0 Å². The number of carbonyl (C=O) groups excluding carboxylic acids is 2. The summed E-state index contributed by atoms with van der Waals surface area (Å²) in [6.45, 7) is 0. The summed E-state index contributed by atoms with van der Waals surface area (Å²) in [4.78, 5) is 27.9. The summed E-state index contributed by atoms with van der Waals surface area (Å²) >= 11 is 0. The molecule has 0 bridgehead atoms. The summed E-state index contributed by atoms with van der Waals surface area (Å²) in [6, 6.07) is 12.4. The number of esters is 2. The average molecular weight is 351 g/mol. The molecule has 0 aliphatic carbocycles. The maximum Gasteiger partial charge on any atom is 1.00 e. The van der Waals surface area contributed by atoms with E-state index in [4.69, 9.17) is 4.74 Å². The Kier molecular flexibility index (Phi) is 7.25. The number of nitrogens with zero attached hydrogens (tertiary/aromatic N) is 3. The number of ether oxygens (including phenoxy) is 2. The summed E-state index contributed by atoms with van der Waals surface area (Å²) in [5, 5.41) is 4.38. The van der Waals surface area contributed by atoms with E-state index < -0.39 is 11.9 Å². The van der Waals surface area contributed by atoms with Crippen molar-refractivity contribution in [3.8, 4) is 11.3 Å². The van der Waals surface area contributed by atoms with Gasteiger partial charge in [-0.3, -0.25) is 0 Å². The number of carbonyl (C=O) groups is 2. The molecule has 0 aliphatic rings. The molecule has 2 aromatic heterocycles. The molecule has 3 aromatic rings. The fourth-order valence-electron chi connectivity index (χ4n) is 2.18. The quantitative estimate of drug-likeness (QED) is 0.430. The minimum absolute atomic E-state index is 0. The van der Waals surface area contributed by atoms with Crippen LogP contribution in [0.2, 0.25) is 0 Å². The standard InChI is InChI=1S/C16H13N3O4.Na.H2O/c1-22-15(20)12-8-13(16(21)23-2)19-14(17-12)9-11(18-19)10-6-4-3-5-7-10;;/h3-9H,1-2H3;;1H2/q;+1;/p-1. The van der Waals surface area contributed by atoms with Crippen molar-refractivity contribution in [3.05, 3.63) is 53.9 Å². The predicted molar refractivity (Wildman–Crippen MR) is 83.0 cm³/mol. The Morgan fingerprint density at radius 1 is 1.00 bits per heavy atom. The number of aromatic nitrogens is 3. The van der Waals surface area contributed by atoms with Crippen molar-refractivity contribution in [2.45, 2.75) is 0 Å². The molecule has 1 N–H and O–H groups in total. The second-order valence-corrected chi connectivity index (χ2v) is 4.68. The van der Waals surface area contributed by atoms with Crippen molar-refractivity contribution in [1.82, 2.24) is 14.6 Å². The van der Waals surface area contributed by atoms with Gasteiger partial charge in [0.2, 0.25) is 0 Å². The van der Waals surface area contributed by atoms with Crippen molar-refractivity contribution in [2.24, 2.45) is 0 Å². The summed E-state index contributed by atoms with van der Waals surface area (Å²) in [5.41, 5.74) is 1.96. The van der Waals surface area contributed by atoms with E-state index in [9.17, 15) is 9.59 Å². The Balaban J connectivity index is 0.00000156. The SMILES string of the molecule is COC(=O)c1cc(C(=O)OC)n2nc(-c3ccccc3)cc2n1.[Na+].[OH-]. The van der Waals surface area contributed by atoms with Gasteiger partial charge in [-0.2, -0.15) is 5.10 Å². The van der Waals surface area contributed by atoms with Gasteiger partial charge in [0.15, 0.2) is 17.0 Å². The molecule has 0 fully saturated rings. The first kappa shape index (κ1) is 20.8. The summed E-state index contributed by atoms with van der Waals surface area (Å²) in [6.07, 6.45) is 0. The zero-order valence-electron chi connectivity index (χ0n) is 14.0. The van der Waals surface area contributed by atoms with E-state index in [-0.39, 0.29) is 46.4 Å². The van der Waals surface area contributed by atoms with Crippen molar-refractivity contribution in [1.29, 1.82) is 0 Å². The van der Waals surface area contributed by atoms with E-state index in [1.54, 1.807) is 6.07 Å². The molecule has 8 nitrogen and oxygen atoms in total. The molecule has 0 unspecified atom stereocenters. The monoisotopic (exact) mass is 351 g/mol. The zero-order valence-corrected chi connectivity index (χ0v) is 16.0. The van der Waals surface area contributed by atoms with Crippen molar-refractivity contribution < 1.29 is 54.1 Å². The maximum absolute atomic E-state index is 12.0. The third-order valence-electron chi connectivity index (χ3n) is 3.29.